The molecule has 4 aromatic carbocycles. The van der Waals surface area contributed by atoms with Crippen molar-refractivity contribution >= 4 is 60.1 Å². The lowest BCUT2D eigenvalue weighted by atomic mass is 9.97. The molecule has 12 N–H and O–H groups in total. The van der Waals surface area contributed by atoms with Crippen LogP contribution in [0.5, 0.6) is 0 Å². The van der Waals surface area contributed by atoms with Crippen LogP contribution in [0.2, 0.25) is 0 Å². The molecule has 334 valence electrons. The van der Waals surface area contributed by atoms with Crippen LogP contribution in [0.3, 0.4) is 0 Å². The highest BCUT2D eigenvalue weighted by Gasteiger charge is 2.25. The number of sulfonamides is 2. The molecule has 0 amide bonds. The van der Waals surface area contributed by atoms with Gasteiger partial charge in [0.1, 0.15) is 11.7 Å². The second-order valence-corrected chi connectivity index (χ2v) is 19.4. The number of aromatic nitrogens is 6. The average molecular weight is 952 g/mol. The first-order chi connectivity index (χ1) is 31.3. The largest absolute Gasteiger partial charge is 0.390 e. The molecule has 0 spiro atoms. The van der Waals surface area contributed by atoms with Crippen molar-refractivity contribution in [1.82, 2.24) is 35.0 Å². The van der Waals surface area contributed by atoms with Crippen molar-refractivity contribution in [3.8, 4) is 32.8 Å². The molecule has 65 heavy (non-hydrogen) atoms. The van der Waals surface area contributed by atoms with E-state index in [9.17, 15) is 27.0 Å². The Hall–Kier alpha value is -6.83. The molecule has 0 saturated heterocycles. The summed E-state index contributed by atoms with van der Waals surface area (Å²) in [4.78, 5) is 8.93. The third kappa shape index (κ3) is 9.67. The number of nitrogens with one attached hydrogen (secondary N) is 2. The van der Waals surface area contributed by atoms with Gasteiger partial charge in [-0.1, -0.05) is 66.7 Å². The highest BCUT2D eigenvalue weighted by molar-refractivity contribution is 7.92. The molecule has 8 rings (SSSR count). The van der Waals surface area contributed by atoms with Crippen LogP contribution in [0.25, 0.3) is 32.8 Å². The van der Waals surface area contributed by atoms with E-state index in [-0.39, 0.29) is 47.4 Å². The maximum absolute atomic E-state index is 14.0. The topological polar surface area (TPSA) is 311 Å². The van der Waals surface area contributed by atoms with Crippen molar-refractivity contribution < 1.29 is 27.0 Å². The van der Waals surface area contributed by atoms with Gasteiger partial charge in [-0.2, -0.15) is 20.0 Å². The Kier molecular flexibility index (Phi) is 12.9. The van der Waals surface area contributed by atoms with Gasteiger partial charge in [0, 0.05) is 51.5 Å². The number of nitrogen functional groups attached to an aromatic ring is 1. The number of nitrogens with zero attached hydrogens (tertiary/aromatic N) is 7. The van der Waals surface area contributed by atoms with Gasteiger partial charge in [0.2, 0.25) is 20.3 Å². The predicted octanol–water partition coefficient (Wildman–Crippen LogP) is 3.78. The van der Waals surface area contributed by atoms with E-state index in [1.807, 2.05) is 30.3 Å². The van der Waals surface area contributed by atoms with Crippen LogP contribution < -0.4 is 32.7 Å². The van der Waals surface area contributed by atoms with Crippen LogP contribution in [0.15, 0.2) is 129 Å². The minimum atomic E-state index is -4.12. The lowest BCUT2D eigenvalue weighted by molar-refractivity contribution is 0.277. The van der Waals surface area contributed by atoms with E-state index < -0.39 is 20.0 Å². The summed E-state index contributed by atoms with van der Waals surface area (Å²) in [5.41, 5.74) is 16.2. The number of amidine groups is 1. The Labute approximate surface area is 380 Å². The molecule has 0 aliphatic rings. The summed E-state index contributed by atoms with van der Waals surface area (Å²) in [7, 11) is -8.07. The number of aliphatic hydroxyl groups is 2. The van der Waals surface area contributed by atoms with Gasteiger partial charge in [-0.15, -0.1) is 22.7 Å². The molecule has 0 aliphatic carbocycles. The molecule has 0 fully saturated rings. The van der Waals surface area contributed by atoms with E-state index >= 15 is 0 Å². The molecule has 23 heteroatoms. The van der Waals surface area contributed by atoms with Crippen molar-refractivity contribution in [1.29, 1.82) is 0 Å². The third-order valence-corrected chi connectivity index (χ3v) is 14.3. The molecule has 0 aliphatic heterocycles. The monoisotopic (exact) mass is 951 g/mol. The molecular formula is C42H41N13O6S4. The first-order valence-corrected chi connectivity index (χ1v) is 24.3. The Morgan fingerprint density at radius 1 is 0.708 bits per heavy atom. The smallest absolute Gasteiger partial charge is 0.261 e. The van der Waals surface area contributed by atoms with Crippen LogP contribution in [-0.4, -0.2) is 62.4 Å². The molecular weight excluding hydrogens is 911 g/mol. The minimum Gasteiger partial charge on any atom is -0.390 e. The van der Waals surface area contributed by atoms with Gasteiger partial charge >= 0.3 is 0 Å². The normalized spacial score (nSPS) is 12.2. The van der Waals surface area contributed by atoms with E-state index in [0.717, 1.165) is 16.7 Å². The molecule has 8 aromatic rings. The van der Waals surface area contributed by atoms with Gasteiger partial charge in [0.05, 0.1) is 57.9 Å². The lowest BCUT2D eigenvalue weighted by Crippen LogP contribution is -2.33. The fraction of sp³-hybridized carbons (Fsp3) is 0.119. The van der Waals surface area contributed by atoms with E-state index in [2.05, 4.69) is 25.2 Å². The molecule has 0 bridgehead atoms. The van der Waals surface area contributed by atoms with Crippen molar-refractivity contribution in [2.75, 3.05) is 10.5 Å². The van der Waals surface area contributed by atoms with Gasteiger partial charge in [0.15, 0.2) is 0 Å². The molecule has 4 aromatic heterocycles. The number of nitrogens with two attached hydrogens (primary N) is 4. The first-order valence-electron chi connectivity index (χ1n) is 19.5. The van der Waals surface area contributed by atoms with E-state index in [4.69, 9.17) is 32.8 Å². The van der Waals surface area contributed by atoms with Crippen LogP contribution in [0.4, 0.5) is 11.5 Å². The Morgan fingerprint density at radius 3 is 1.83 bits per heavy atom. The summed E-state index contributed by atoms with van der Waals surface area (Å²) in [6.45, 7) is -0.519. The summed E-state index contributed by atoms with van der Waals surface area (Å²) in [5.74, 6) is 12.0. The number of primary sulfonamides is 1. The molecule has 4 heterocycles. The van der Waals surface area contributed by atoms with Gasteiger partial charge in [0.25, 0.3) is 10.0 Å². The Morgan fingerprint density at radius 2 is 1.26 bits per heavy atom. The third-order valence-electron chi connectivity index (χ3n) is 10.2. The van der Waals surface area contributed by atoms with Crippen LogP contribution in [0, 0.1) is 0 Å². The van der Waals surface area contributed by atoms with Crippen molar-refractivity contribution in [2.24, 2.45) is 21.9 Å². The Balaban J connectivity index is 1.11. The second kappa shape index (κ2) is 18.7. The van der Waals surface area contributed by atoms with Crippen molar-refractivity contribution in [3.05, 3.63) is 153 Å². The van der Waals surface area contributed by atoms with Crippen LogP contribution >= 0.6 is 22.7 Å². The van der Waals surface area contributed by atoms with Gasteiger partial charge in [-0.3, -0.25) is 4.72 Å². The zero-order valence-electron chi connectivity index (χ0n) is 34.1. The lowest BCUT2D eigenvalue weighted by Gasteiger charge is -2.12. The predicted molar refractivity (Wildman–Crippen MR) is 249 cm³/mol. The van der Waals surface area contributed by atoms with Gasteiger partial charge in [-0.25, -0.2) is 42.5 Å². The fourth-order valence-electron chi connectivity index (χ4n) is 7.01. The summed E-state index contributed by atoms with van der Waals surface area (Å²) in [6, 6.07) is 28.8. The summed E-state index contributed by atoms with van der Waals surface area (Å²) >= 11 is 2.54. The molecule has 0 radical (unpaired) electrons. The van der Waals surface area contributed by atoms with Crippen LogP contribution in [-0.2, 0) is 52.5 Å². The Bertz CT molecular complexity index is 3240. The number of rotatable bonds is 16. The van der Waals surface area contributed by atoms with E-state index in [0.29, 0.717) is 67.7 Å². The van der Waals surface area contributed by atoms with E-state index in [1.165, 1.54) is 46.9 Å². The molecule has 0 atom stereocenters. The number of thiazole rings is 2. The zero-order valence-corrected chi connectivity index (χ0v) is 37.4. The number of anilines is 2. The fourth-order valence-corrected chi connectivity index (χ4v) is 10.1. The summed E-state index contributed by atoms with van der Waals surface area (Å²) in [6.07, 6.45) is 0.605. The van der Waals surface area contributed by atoms with Crippen molar-refractivity contribution in [2.45, 2.75) is 42.3 Å². The molecule has 0 unspecified atom stereocenters. The standard InChI is InChI=1S/C42H41N13O6S4/c43-40-35(38(27-5-2-1-3-6-27)52-55(40)42-48-31(22-57)24-63-42)18-26-11-15-33(16-12-26)65(60,61)53-29-8-4-7-28(19-29)39-34(17-25-9-13-32(14-10-25)64(46,58)59)36(20-37(49-44)50-45)54(51-39)41-47-30(21-56)23-62-41/h1-16,19,23-24,53,56-57H,17-18,20-22,43-45H2,(H,49,50)(H2,46,58,59). The zero-order chi connectivity index (χ0) is 45.9. The number of hydrogen-bond acceptors (Lipinski definition) is 16. The molecule has 19 nitrogen and oxygen atoms in total. The maximum Gasteiger partial charge on any atom is 0.261 e. The van der Waals surface area contributed by atoms with E-state index in [1.54, 1.807) is 68.7 Å². The quantitative estimate of drug-likeness (QED) is 0.0296. The van der Waals surface area contributed by atoms with Crippen molar-refractivity contribution in [3.63, 3.8) is 0 Å². The number of hydrazone groups is 1. The summed E-state index contributed by atoms with van der Waals surface area (Å²) < 4.78 is 57.8. The highest BCUT2D eigenvalue weighted by Crippen LogP contribution is 2.35. The van der Waals surface area contributed by atoms with Crippen LogP contribution in [0.1, 0.15) is 39.3 Å². The molecule has 0 saturated carbocycles. The average Bonchev–Trinajstić information content (AvgIpc) is 4.12. The number of benzene rings is 4. The highest BCUT2D eigenvalue weighted by atomic mass is 32.2. The van der Waals surface area contributed by atoms with Gasteiger partial charge < -0.3 is 27.2 Å². The number of hydrogen-bond donors (Lipinski definition) is 8. The number of hydrazine groups is 1. The first kappa shape index (κ1) is 44.8. The minimum absolute atomic E-state index is 0.0134. The second-order valence-electron chi connectivity index (χ2n) is 14.5. The maximum atomic E-state index is 14.0. The van der Waals surface area contributed by atoms with Gasteiger partial charge in [-0.05, 0) is 47.5 Å². The SMILES string of the molecule is N/N=C(/Cc1c(Cc2ccc(S(N)(=O)=O)cc2)c(-c2cccc(NS(=O)(=O)c3ccc(Cc4c(-c5ccccc5)nn(-c5nc(CO)cs5)c4N)cc3)c2)nn1-c1nc(CO)cs1)NN. The summed E-state index contributed by atoms with van der Waals surface area (Å²) in [5, 5.41) is 42.7. The number of aliphatic hydroxyl groups excluding tert-OH is 2.